The van der Waals surface area contributed by atoms with Crippen molar-refractivity contribution >= 4 is 17.2 Å². The van der Waals surface area contributed by atoms with Crippen molar-refractivity contribution in [3.63, 3.8) is 0 Å². The van der Waals surface area contributed by atoms with Crippen molar-refractivity contribution in [3.8, 4) is 0 Å². The third-order valence-corrected chi connectivity index (χ3v) is 4.53. The summed E-state index contributed by atoms with van der Waals surface area (Å²) in [6, 6.07) is 4.73. The van der Waals surface area contributed by atoms with Crippen LogP contribution in [0.15, 0.2) is 12.1 Å². The van der Waals surface area contributed by atoms with E-state index in [2.05, 4.69) is 36.6 Å². The molecule has 1 atom stereocenters. The normalized spacial score (nSPS) is 18.2. The minimum atomic E-state index is 0.0760. The Morgan fingerprint density at radius 2 is 2.21 bits per heavy atom. The van der Waals surface area contributed by atoms with Crippen molar-refractivity contribution in [1.29, 1.82) is 0 Å². The standard InChI is InChI=1S/C14H22N2O2S/c1-10-3-4-13(19-10)11(2)15-9-14(17)16-12-5-7-18-8-6-12/h3-4,11-12,15H,5-9H2,1-2H3,(H,16,17). The molecule has 5 heteroatoms. The van der Waals surface area contributed by atoms with E-state index in [4.69, 9.17) is 4.74 Å². The summed E-state index contributed by atoms with van der Waals surface area (Å²) in [4.78, 5) is 14.4. The molecular formula is C14H22N2O2S. The fourth-order valence-electron chi connectivity index (χ4n) is 2.15. The number of carbonyl (C=O) groups excluding carboxylic acids is 1. The van der Waals surface area contributed by atoms with Gasteiger partial charge >= 0.3 is 0 Å². The van der Waals surface area contributed by atoms with Crippen LogP contribution in [-0.4, -0.2) is 31.7 Å². The van der Waals surface area contributed by atoms with E-state index in [-0.39, 0.29) is 18.0 Å². The molecule has 1 aromatic rings. The first-order valence-electron chi connectivity index (χ1n) is 6.82. The number of hydrogen-bond donors (Lipinski definition) is 2. The first kappa shape index (κ1) is 14.5. The Bertz CT molecular complexity index is 413. The van der Waals surface area contributed by atoms with Gasteiger partial charge in [-0.1, -0.05) is 0 Å². The quantitative estimate of drug-likeness (QED) is 0.868. The Labute approximate surface area is 118 Å². The molecule has 1 amide bonds. The predicted octanol–water partition coefficient (Wildman–Crippen LogP) is 2.00. The highest BCUT2D eigenvalue weighted by Gasteiger charge is 2.16. The average Bonchev–Trinajstić information content (AvgIpc) is 2.84. The highest BCUT2D eigenvalue weighted by atomic mass is 32.1. The van der Waals surface area contributed by atoms with Crippen LogP contribution in [0, 0.1) is 6.92 Å². The zero-order valence-electron chi connectivity index (χ0n) is 11.6. The van der Waals surface area contributed by atoms with Gasteiger partial charge in [-0.2, -0.15) is 0 Å². The Morgan fingerprint density at radius 3 is 2.84 bits per heavy atom. The van der Waals surface area contributed by atoms with E-state index >= 15 is 0 Å². The van der Waals surface area contributed by atoms with Crippen LogP contribution in [0.4, 0.5) is 0 Å². The van der Waals surface area contributed by atoms with E-state index in [1.165, 1.54) is 9.75 Å². The molecule has 0 radical (unpaired) electrons. The van der Waals surface area contributed by atoms with Gasteiger partial charge in [0.2, 0.25) is 5.91 Å². The molecule has 0 spiro atoms. The molecule has 0 saturated carbocycles. The van der Waals surface area contributed by atoms with Gasteiger partial charge in [-0.15, -0.1) is 11.3 Å². The number of ether oxygens (including phenoxy) is 1. The van der Waals surface area contributed by atoms with Crippen LogP contribution in [0.3, 0.4) is 0 Å². The number of nitrogens with one attached hydrogen (secondary N) is 2. The lowest BCUT2D eigenvalue weighted by Crippen LogP contribution is -2.43. The molecule has 0 aromatic carbocycles. The minimum Gasteiger partial charge on any atom is -0.381 e. The van der Waals surface area contributed by atoms with E-state index in [0.717, 1.165) is 26.1 Å². The third kappa shape index (κ3) is 4.60. The predicted molar refractivity (Wildman–Crippen MR) is 77.5 cm³/mol. The Morgan fingerprint density at radius 1 is 1.47 bits per heavy atom. The fourth-order valence-corrected chi connectivity index (χ4v) is 3.06. The third-order valence-electron chi connectivity index (χ3n) is 3.34. The van der Waals surface area contributed by atoms with Gasteiger partial charge in [0.15, 0.2) is 0 Å². The maximum atomic E-state index is 11.8. The van der Waals surface area contributed by atoms with E-state index in [1.54, 1.807) is 11.3 Å². The first-order chi connectivity index (χ1) is 9.15. The van der Waals surface area contributed by atoms with Crippen molar-refractivity contribution in [2.45, 2.75) is 38.8 Å². The molecule has 4 nitrogen and oxygen atoms in total. The lowest BCUT2D eigenvalue weighted by Gasteiger charge is -2.23. The topological polar surface area (TPSA) is 50.4 Å². The second kappa shape index (κ2) is 7.03. The molecule has 1 aromatic heterocycles. The van der Waals surface area contributed by atoms with Crippen LogP contribution in [0.25, 0.3) is 0 Å². The van der Waals surface area contributed by atoms with Gasteiger partial charge in [-0.05, 0) is 38.8 Å². The van der Waals surface area contributed by atoms with Crippen molar-refractivity contribution in [2.75, 3.05) is 19.8 Å². The molecule has 1 unspecified atom stereocenters. The zero-order chi connectivity index (χ0) is 13.7. The van der Waals surface area contributed by atoms with E-state index < -0.39 is 0 Å². The minimum absolute atomic E-state index is 0.0760. The van der Waals surface area contributed by atoms with Gasteiger partial charge < -0.3 is 15.4 Å². The van der Waals surface area contributed by atoms with Crippen molar-refractivity contribution in [3.05, 3.63) is 21.9 Å². The van der Waals surface area contributed by atoms with E-state index in [1.807, 2.05) is 0 Å². The maximum Gasteiger partial charge on any atom is 0.234 e. The Kier molecular flexibility index (Phi) is 5.36. The summed E-state index contributed by atoms with van der Waals surface area (Å²) >= 11 is 1.77. The molecule has 106 valence electrons. The van der Waals surface area contributed by atoms with Gasteiger partial charge in [0.05, 0.1) is 6.54 Å². The summed E-state index contributed by atoms with van der Waals surface area (Å²) in [5.74, 6) is 0.0760. The van der Waals surface area contributed by atoms with Gasteiger partial charge in [0, 0.05) is 35.1 Å². The fraction of sp³-hybridized carbons (Fsp3) is 0.643. The monoisotopic (exact) mass is 282 g/mol. The molecule has 1 aliphatic rings. The summed E-state index contributed by atoms with van der Waals surface area (Å²) in [7, 11) is 0. The van der Waals surface area contributed by atoms with Gasteiger partial charge in [0.1, 0.15) is 0 Å². The van der Waals surface area contributed by atoms with Crippen molar-refractivity contribution in [1.82, 2.24) is 10.6 Å². The van der Waals surface area contributed by atoms with Crippen LogP contribution < -0.4 is 10.6 Å². The number of rotatable bonds is 5. The number of hydrogen-bond acceptors (Lipinski definition) is 4. The van der Waals surface area contributed by atoms with Crippen LogP contribution >= 0.6 is 11.3 Å². The van der Waals surface area contributed by atoms with Crippen LogP contribution in [0.2, 0.25) is 0 Å². The number of amides is 1. The lowest BCUT2D eigenvalue weighted by molar-refractivity contribution is -0.121. The Hall–Kier alpha value is -0.910. The summed E-state index contributed by atoms with van der Waals surface area (Å²) in [5.41, 5.74) is 0. The summed E-state index contributed by atoms with van der Waals surface area (Å²) < 4.78 is 5.27. The molecule has 2 N–H and O–H groups in total. The molecule has 2 rings (SSSR count). The van der Waals surface area contributed by atoms with Crippen LogP contribution in [0.1, 0.15) is 35.6 Å². The second-order valence-electron chi connectivity index (χ2n) is 5.01. The molecule has 2 heterocycles. The average molecular weight is 282 g/mol. The molecule has 19 heavy (non-hydrogen) atoms. The number of carbonyl (C=O) groups is 1. The van der Waals surface area contributed by atoms with Gasteiger partial charge in [-0.3, -0.25) is 4.79 Å². The highest BCUT2D eigenvalue weighted by Crippen LogP contribution is 2.21. The second-order valence-corrected chi connectivity index (χ2v) is 6.32. The summed E-state index contributed by atoms with van der Waals surface area (Å²) in [6.45, 7) is 6.06. The van der Waals surface area contributed by atoms with Crippen molar-refractivity contribution < 1.29 is 9.53 Å². The SMILES string of the molecule is Cc1ccc(C(C)NCC(=O)NC2CCOCC2)s1. The van der Waals surface area contributed by atoms with Crippen LogP contribution in [0.5, 0.6) is 0 Å². The smallest absolute Gasteiger partial charge is 0.234 e. The molecule has 1 fully saturated rings. The van der Waals surface area contributed by atoms with E-state index in [9.17, 15) is 4.79 Å². The lowest BCUT2D eigenvalue weighted by atomic mass is 10.1. The first-order valence-corrected chi connectivity index (χ1v) is 7.63. The number of thiophene rings is 1. The molecule has 0 bridgehead atoms. The van der Waals surface area contributed by atoms with Crippen molar-refractivity contribution in [2.24, 2.45) is 0 Å². The zero-order valence-corrected chi connectivity index (χ0v) is 12.4. The Balaban J connectivity index is 1.70. The summed E-state index contributed by atoms with van der Waals surface area (Å²) in [5, 5.41) is 6.32. The molecular weight excluding hydrogens is 260 g/mol. The van der Waals surface area contributed by atoms with E-state index in [0.29, 0.717) is 6.54 Å². The largest absolute Gasteiger partial charge is 0.381 e. The number of aryl methyl sites for hydroxylation is 1. The molecule has 0 aliphatic carbocycles. The van der Waals surface area contributed by atoms with Crippen LogP contribution in [-0.2, 0) is 9.53 Å². The maximum absolute atomic E-state index is 11.8. The molecule has 1 aliphatic heterocycles. The van der Waals surface area contributed by atoms with Gasteiger partial charge in [0.25, 0.3) is 0 Å². The highest BCUT2D eigenvalue weighted by molar-refractivity contribution is 7.12. The summed E-state index contributed by atoms with van der Waals surface area (Å²) in [6.07, 6.45) is 1.84. The molecule has 1 saturated heterocycles. The van der Waals surface area contributed by atoms with Gasteiger partial charge in [-0.25, -0.2) is 0 Å².